The van der Waals surface area contributed by atoms with Crippen molar-refractivity contribution in [1.82, 2.24) is 4.98 Å². The fourth-order valence-corrected chi connectivity index (χ4v) is 4.54. The Kier molecular flexibility index (Phi) is 5.34. The number of methoxy groups -OCH3 is 2. The van der Waals surface area contributed by atoms with Crippen LogP contribution >= 0.6 is 11.3 Å². The molecule has 2 heterocycles. The molecule has 1 aliphatic rings. The number of amides is 2. The van der Waals surface area contributed by atoms with Crippen molar-refractivity contribution in [1.29, 1.82) is 0 Å². The van der Waals surface area contributed by atoms with E-state index in [1.165, 1.54) is 11.3 Å². The second-order valence-corrected chi connectivity index (χ2v) is 8.34. The van der Waals surface area contributed by atoms with Gasteiger partial charge >= 0.3 is 0 Å². The number of nitrogens with zero attached hydrogens (tertiary/aromatic N) is 2. The molecule has 1 N–H and O–H groups in total. The van der Waals surface area contributed by atoms with E-state index in [-0.39, 0.29) is 18.2 Å². The van der Waals surface area contributed by atoms with Crippen LogP contribution in [-0.4, -0.2) is 37.6 Å². The van der Waals surface area contributed by atoms with Gasteiger partial charge in [0, 0.05) is 30.8 Å². The van der Waals surface area contributed by atoms with Crippen LogP contribution in [0.5, 0.6) is 11.5 Å². The predicted octanol–water partition coefficient (Wildman–Crippen LogP) is 3.92. The van der Waals surface area contributed by atoms with E-state index >= 15 is 0 Å². The van der Waals surface area contributed by atoms with Gasteiger partial charge in [0.15, 0.2) is 16.6 Å². The second-order valence-electron chi connectivity index (χ2n) is 7.31. The summed E-state index contributed by atoms with van der Waals surface area (Å²) in [7, 11) is 3.14. The van der Waals surface area contributed by atoms with Gasteiger partial charge in [0.2, 0.25) is 11.8 Å². The average molecular weight is 426 g/mol. The highest BCUT2D eigenvalue weighted by molar-refractivity contribution is 7.22. The Bertz CT molecular complexity index is 1100. The molecule has 8 heteroatoms. The van der Waals surface area contributed by atoms with Gasteiger partial charge < -0.3 is 19.7 Å². The summed E-state index contributed by atoms with van der Waals surface area (Å²) in [6, 6.07) is 9.49. The third-order valence-corrected chi connectivity index (χ3v) is 6.42. The highest BCUT2D eigenvalue weighted by atomic mass is 32.1. The maximum absolute atomic E-state index is 12.8. The average Bonchev–Trinajstić information content (AvgIpc) is 3.31. The third kappa shape index (κ3) is 3.59. The lowest BCUT2D eigenvalue weighted by molar-refractivity contribution is -0.122. The first-order chi connectivity index (χ1) is 14.4. The number of carbonyl (C=O) groups is 2. The first-order valence-corrected chi connectivity index (χ1v) is 10.4. The van der Waals surface area contributed by atoms with Crippen molar-refractivity contribution in [2.24, 2.45) is 5.92 Å². The molecule has 0 bridgehead atoms. The Labute approximate surface area is 178 Å². The number of hydrogen-bond acceptors (Lipinski definition) is 6. The highest BCUT2D eigenvalue weighted by Gasteiger charge is 2.36. The van der Waals surface area contributed by atoms with Crippen LogP contribution in [0, 0.1) is 19.8 Å². The number of ether oxygens (including phenoxy) is 2. The lowest BCUT2D eigenvalue weighted by Crippen LogP contribution is -2.28. The summed E-state index contributed by atoms with van der Waals surface area (Å²) < 4.78 is 11.5. The van der Waals surface area contributed by atoms with Crippen molar-refractivity contribution >= 4 is 44.2 Å². The van der Waals surface area contributed by atoms with E-state index in [1.54, 1.807) is 25.2 Å². The Balaban J connectivity index is 1.52. The highest BCUT2D eigenvalue weighted by Crippen LogP contribution is 2.36. The minimum Gasteiger partial charge on any atom is -0.493 e. The van der Waals surface area contributed by atoms with Crippen LogP contribution in [0.1, 0.15) is 17.5 Å². The molecule has 0 radical (unpaired) electrons. The quantitative estimate of drug-likeness (QED) is 0.670. The SMILES string of the molecule is COc1cc2nc(NC(=O)C3CC(=O)N(c4cccc(C)c4C)C3)sc2cc1OC. The molecule has 3 aromatic rings. The molecule has 7 nitrogen and oxygen atoms in total. The summed E-state index contributed by atoms with van der Waals surface area (Å²) in [5, 5.41) is 3.36. The molecule has 1 saturated heterocycles. The Morgan fingerprint density at radius 1 is 1.20 bits per heavy atom. The van der Waals surface area contributed by atoms with E-state index in [0.29, 0.717) is 28.7 Å². The maximum Gasteiger partial charge on any atom is 0.231 e. The first kappa shape index (κ1) is 20.2. The number of thiazole rings is 1. The molecule has 1 aromatic heterocycles. The van der Waals surface area contributed by atoms with Crippen LogP contribution in [0.15, 0.2) is 30.3 Å². The maximum atomic E-state index is 12.8. The summed E-state index contributed by atoms with van der Waals surface area (Å²) in [6.07, 6.45) is 0.186. The number of fused-ring (bicyclic) bond motifs is 1. The molecular weight excluding hydrogens is 402 g/mol. The molecule has 1 aliphatic heterocycles. The van der Waals surface area contributed by atoms with E-state index in [9.17, 15) is 9.59 Å². The van der Waals surface area contributed by atoms with Crippen molar-refractivity contribution in [3.05, 3.63) is 41.5 Å². The molecule has 2 aromatic carbocycles. The molecule has 2 amide bonds. The monoisotopic (exact) mass is 425 g/mol. The van der Waals surface area contributed by atoms with Crippen molar-refractivity contribution in [3.8, 4) is 11.5 Å². The summed E-state index contributed by atoms with van der Waals surface area (Å²) in [4.78, 5) is 31.6. The van der Waals surface area contributed by atoms with Crippen molar-refractivity contribution in [2.75, 3.05) is 31.0 Å². The van der Waals surface area contributed by atoms with Crippen LogP contribution in [0.25, 0.3) is 10.2 Å². The number of aromatic nitrogens is 1. The Morgan fingerprint density at radius 3 is 2.67 bits per heavy atom. The number of rotatable bonds is 5. The smallest absolute Gasteiger partial charge is 0.231 e. The molecule has 4 rings (SSSR count). The number of nitrogens with one attached hydrogen (secondary N) is 1. The zero-order valence-electron chi connectivity index (χ0n) is 17.3. The molecule has 0 saturated carbocycles. The molecule has 0 spiro atoms. The third-order valence-electron chi connectivity index (χ3n) is 5.49. The topological polar surface area (TPSA) is 80.8 Å². The molecule has 1 fully saturated rings. The van der Waals surface area contributed by atoms with Crippen LogP contribution in [0.2, 0.25) is 0 Å². The van der Waals surface area contributed by atoms with Crippen LogP contribution in [0.3, 0.4) is 0 Å². The number of carbonyl (C=O) groups excluding carboxylic acids is 2. The zero-order valence-corrected chi connectivity index (χ0v) is 18.1. The molecule has 1 atom stereocenters. The fraction of sp³-hybridized carbons (Fsp3) is 0.318. The lowest BCUT2D eigenvalue weighted by Gasteiger charge is -2.20. The number of benzene rings is 2. The fourth-order valence-electron chi connectivity index (χ4n) is 3.66. The molecule has 156 valence electrons. The van der Waals surface area contributed by atoms with Gasteiger partial charge in [-0.1, -0.05) is 23.5 Å². The standard InChI is InChI=1S/C22H23N3O4S/c1-12-6-5-7-16(13(12)2)25-11-14(8-20(25)26)21(27)24-22-23-15-9-17(28-3)18(29-4)10-19(15)30-22/h5-7,9-10,14H,8,11H2,1-4H3,(H,23,24,27). The van der Waals surface area contributed by atoms with Gasteiger partial charge in [0.1, 0.15) is 0 Å². The number of aryl methyl sites for hydroxylation is 1. The molecule has 1 unspecified atom stereocenters. The van der Waals surface area contributed by atoms with Gasteiger partial charge in [-0.05, 0) is 31.0 Å². The van der Waals surface area contributed by atoms with Crippen molar-refractivity contribution in [3.63, 3.8) is 0 Å². The summed E-state index contributed by atoms with van der Waals surface area (Å²) in [6.45, 7) is 4.37. The van der Waals surface area contributed by atoms with Gasteiger partial charge in [0.05, 0.1) is 30.4 Å². The van der Waals surface area contributed by atoms with Gasteiger partial charge in [-0.2, -0.15) is 0 Å². The van der Waals surface area contributed by atoms with Gasteiger partial charge in [-0.25, -0.2) is 4.98 Å². The molecule has 30 heavy (non-hydrogen) atoms. The van der Waals surface area contributed by atoms with Crippen molar-refractivity contribution < 1.29 is 19.1 Å². The summed E-state index contributed by atoms with van der Waals surface area (Å²) in [5.41, 5.74) is 3.76. The van der Waals surface area contributed by atoms with E-state index in [4.69, 9.17) is 9.47 Å². The van der Waals surface area contributed by atoms with Gasteiger partial charge in [0.25, 0.3) is 0 Å². The van der Waals surface area contributed by atoms with E-state index in [0.717, 1.165) is 21.5 Å². The van der Waals surface area contributed by atoms with Crippen LogP contribution in [-0.2, 0) is 9.59 Å². The Hall–Kier alpha value is -3.13. The van der Waals surface area contributed by atoms with Gasteiger partial charge in [-0.3, -0.25) is 9.59 Å². The van der Waals surface area contributed by atoms with Crippen LogP contribution < -0.4 is 19.7 Å². The summed E-state index contributed by atoms with van der Waals surface area (Å²) >= 11 is 1.36. The van der Waals surface area contributed by atoms with Crippen LogP contribution in [0.4, 0.5) is 10.8 Å². The minimum atomic E-state index is -0.423. The molecule has 0 aliphatic carbocycles. The Morgan fingerprint density at radius 2 is 1.93 bits per heavy atom. The number of hydrogen-bond donors (Lipinski definition) is 1. The second kappa shape index (κ2) is 7.95. The first-order valence-electron chi connectivity index (χ1n) is 9.61. The van der Waals surface area contributed by atoms with E-state index in [1.807, 2.05) is 38.1 Å². The van der Waals surface area contributed by atoms with Gasteiger partial charge in [-0.15, -0.1) is 0 Å². The summed E-state index contributed by atoms with van der Waals surface area (Å²) in [5.74, 6) is 0.529. The number of anilines is 2. The predicted molar refractivity (Wildman–Crippen MR) is 118 cm³/mol. The zero-order chi connectivity index (χ0) is 21.4. The lowest BCUT2D eigenvalue weighted by atomic mass is 10.1. The van der Waals surface area contributed by atoms with E-state index in [2.05, 4.69) is 10.3 Å². The minimum absolute atomic E-state index is 0.0392. The normalized spacial score (nSPS) is 16.2. The van der Waals surface area contributed by atoms with Crippen molar-refractivity contribution in [2.45, 2.75) is 20.3 Å². The molecular formula is C22H23N3O4S. The van der Waals surface area contributed by atoms with E-state index < -0.39 is 5.92 Å². The largest absolute Gasteiger partial charge is 0.493 e.